The second-order valence-electron chi connectivity index (χ2n) is 9.98. The van der Waals surface area contributed by atoms with Crippen LogP contribution in [0.25, 0.3) is 0 Å². The summed E-state index contributed by atoms with van der Waals surface area (Å²) in [6.07, 6.45) is 0.550. The van der Waals surface area contributed by atoms with Gasteiger partial charge in [-0.3, -0.25) is 19.2 Å². The van der Waals surface area contributed by atoms with Gasteiger partial charge in [0.05, 0.1) is 25.4 Å². The molecule has 30 heavy (non-hydrogen) atoms. The molecule has 2 saturated heterocycles. The maximum absolute atomic E-state index is 12.6. The van der Waals surface area contributed by atoms with Crippen molar-refractivity contribution in [1.82, 2.24) is 0 Å². The molecule has 0 aromatic rings. The molecular weight excluding hydrogens is 392 g/mol. The highest BCUT2D eigenvalue weighted by Crippen LogP contribution is 2.41. The van der Waals surface area contributed by atoms with Gasteiger partial charge in [0.25, 0.3) is 0 Å². The van der Waals surface area contributed by atoms with Gasteiger partial charge in [-0.15, -0.1) is 0 Å². The first-order chi connectivity index (χ1) is 13.7. The number of hydrogen-bond acceptors (Lipinski definition) is 6. The van der Waals surface area contributed by atoms with Crippen LogP contribution in [-0.4, -0.2) is 59.1 Å². The van der Waals surface area contributed by atoms with Crippen molar-refractivity contribution in [1.29, 1.82) is 0 Å². The lowest BCUT2D eigenvalue weighted by Gasteiger charge is -2.25. The molecule has 0 aromatic carbocycles. The fraction of sp³-hybridized carbons (Fsp3) is 0.818. The Bertz CT molecular complexity index is 650. The number of rotatable bonds is 10. The number of fused-ring (bicyclic) bond motifs is 1. The molecule has 0 spiro atoms. The molecule has 0 radical (unpaired) electrons. The molecule has 0 bridgehead atoms. The number of Topliss-reactive ketones (excluding diaryl/α,β-unsaturated/α-hetero) is 2. The van der Waals surface area contributed by atoms with Gasteiger partial charge in [0.15, 0.2) is 11.6 Å². The summed E-state index contributed by atoms with van der Waals surface area (Å²) in [6.45, 7) is 9.98. The van der Waals surface area contributed by atoms with Crippen LogP contribution in [0.4, 0.5) is 0 Å². The molecule has 8 nitrogen and oxygen atoms in total. The molecule has 2 N–H and O–H groups in total. The minimum atomic E-state index is -1.44. The third kappa shape index (κ3) is 4.59. The molecule has 2 aliphatic rings. The Kier molecular flexibility index (Phi) is 7.13. The van der Waals surface area contributed by atoms with E-state index in [1.807, 2.05) is 0 Å². The highest BCUT2D eigenvalue weighted by Gasteiger charge is 2.50. The second-order valence-corrected chi connectivity index (χ2v) is 9.98. The normalized spacial score (nSPS) is 28.6. The van der Waals surface area contributed by atoms with Gasteiger partial charge in [-0.1, -0.05) is 13.8 Å². The number of ether oxygens (including phenoxy) is 2. The Hall–Kier alpha value is -1.80. The highest BCUT2D eigenvalue weighted by molar-refractivity contribution is 6.03. The molecule has 0 saturated carbocycles. The minimum absolute atomic E-state index is 0.0231. The van der Waals surface area contributed by atoms with E-state index in [-0.39, 0.29) is 35.6 Å². The highest BCUT2D eigenvalue weighted by atomic mass is 16.6. The first-order valence-corrected chi connectivity index (χ1v) is 10.5. The zero-order valence-corrected chi connectivity index (χ0v) is 18.6. The molecule has 6 atom stereocenters. The fourth-order valence-corrected chi connectivity index (χ4v) is 4.63. The van der Waals surface area contributed by atoms with Gasteiger partial charge < -0.3 is 19.7 Å². The van der Waals surface area contributed by atoms with E-state index in [4.69, 9.17) is 9.47 Å². The summed E-state index contributed by atoms with van der Waals surface area (Å²) in [5.74, 6) is -3.84. The number of carbonyl (C=O) groups is 4. The molecule has 0 amide bonds. The standard InChI is InChI=1S/C22H34O8/c1-11(17(23)21(3,4)19(25)26)7-13-9-29-16-14(10-30-15(13)16)8-12(2)18(24)22(5,6)20(27)28/h11-16H,7-10H2,1-6H3,(H,25,26)(H,27,28)/t11?,12?,13-,14+,15+,16?/m0/s1. The quantitative estimate of drug-likeness (QED) is 0.510. The van der Waals surface area contributed by atoms with Gasteiger partial charge in [0, 0.05) is 23.7 Å². The van der Waals surface area contributed by atoms with E-state index in [2.05, 4.69) is 0 Å². The van der Waals surface area contributed by atoms with E-state index in [1.165, 1.54) is 27.7 Å². The molecule has 3 unspecified atom stereocenters. The number of carbonyl (C=O) groups excluding carboxylic acids is 2. The van der Waals surface area contributed by atoms with Crippen molar-refractivity contribution in [3.8, 4) is 0 Å². The topological polar surface area (TPSA) is 127 Å². The average molecular weight is 427 g/mol. The molecule has 2 fully saturated rings. The summed E-state index contributed by atoms with van der Waals surface area (Å²) < 4.78 is 11.9. The first-order valence-electron chi connectivity index (χ1n) is 10.5. The van der Waals surface area contributed by atoms with Crippen molar-refractivity contribution in [2.24, 2.45) is 34.5 Å². The van der Waals surface area contributed by atoms with Gasteiger partial charge in [-0.25, -0.2) is 0 Å². The Labute approximate surface area is 177 Å². The zero-order valence-electron chi connectivity index (χ0n) is 18.6. The van der Waals surface area contributed by atoms with E-state index in [0.29, 0.717) is 26.1 Å². The van der Waals surface area contributed by atoms with E-state index < -0.39 is 34.6 Å². The Morgan fingerprint density at radius 2 is 1.07 bits per heavy atom. The van der Waals surface area contributed by atoms with Gasteiger partial charge in [-0.2, -0.15) is 0 Å². The lowest BCUT2D eigenvalue weighted by atomic mass is 9.76. The van der Waals surface area contributed by atoms with Gasteiger partial charge >= 0.3 is 11.9 Å². The predicted molar refractivity (Wildman–Crippen MR) is 107 cm³/mol. The van der Waals surface area contributed by atoms with Crippen LogP contribution < -0.4 is 0 Å². The smallest absolute Gasteiger partial charge is 0.316 e. The molecule has 2 aliphatic heterocycles. The largest absolute Gasteiger partial charge is 0.481 e. The lowest BCUT2D eigenvalue weighted by Crippen LogP contribution is -2.39. The van der Waals surface area contributed by atoms with Crippen LogP contribution in [0.1, 0.15) is 54.4 Å². The van der Waals surface area contributed by atoms with E-state index in [0.717, 1.165) is 0 Å². The van der Waals surface area contributed by atoms with E-state index >= 15 is 0 Å². The molecule has 170 valence electrons. The number of carboxylic acids is 2. The summed E-state index contributed by atoms with van der Waals surface area (Å²) in [5, 5.41) is 18.6. The first kappa shape index (κ1) is 24.5. The number of hydrogen-bond donors (Lipinski definition) is 2. The van der Waals surface area contributed by atoms with Crippen LogP contribution in [0.15, 0.2) is 0 Å². The zero-order chi connectivity index (χ0) is 23.0. The molecule has 0 aromatic heterocycles. The molecule has 2 rings (SSSR count). The van der Waals surface area contributed by atoms with Crippen LogP contribution in [0.3, 0.4) is 0 Å². The summed E-state index contributed by atoms with van der Waals surface area (Å²) in [5.41, 5.74) is -2.88. The van der Waals surface area contributed by atoms with Gasteiger partial charge in [0.2, 0.25) is 0 Å². The summed E-state index contributed by atoms with van der Waals surface area (Å²) in [6, 6.07) is 0. The third-order valence-corrected chi connectivity index (χ3v) is 6.77. The van der Waals surface area contributed by atoms with Crippen LogP contribution in [0, 0.1) is 34.5 Å². The maximum atomic E-state index is 12.6. The van der Waals surface area contributed by atoms with E-state index in [9.17, 15) is 29.4 Å². The Morgan fingerprint density at radius 1 is 0.767 bits per heavy atom. The number of aliphatic carboxylic acids is 2. The van der Waals surface area contributed by atoms with Gasteiger partial charge in [0.1, 0.15) is 10.8 Å². The molecule has 2 heterocycles. The molecular formula is C22H34O8. The summed E-state index contributed by atoms with van der Waals surface area (Å²) in [7, 11) is 0. The average Bonchev–Trinajstić information content (AvgIpc) is 3.23. The van der Waals surface area contributed by atoms with Crippen molar-refractivity contribution in [3.05, 3.63) is 0 Å². The Balaban J connectivity index is 1.97. The van der Waals surface area contributed by atoms with Crippen molar-refractivity contribution in [3.63, 3.8) is 0 Å². The van der Waals surface area contributed by atoms with Crippen LogP contribution in [0.2, 0.25) is 0 Å². The van der Waals surface area contributed by atoms with Gasteiger partial charge in [-0.05, 0) is 40.5 Å². The monoisotopic (exact) mass is 426 g/mol. The second kappa shape index (κ2) is 8.75. The van der Waals surface area contributed by atoms with Crippen LogP contribution in [0.5, 0.6) is 0 Å². The van der Waals surface area contributed by atoms with Crippen molar-refractivity contribution < 1.29 is 38.9 Å². The van der Waals surface area contributed by atoms with Crippen LogP contribution in [-0.2, 0) is 28.7 Å². The maximum Gasteiger partial charge on any atom is 0.316 e. The predicted octanol–water partition coefficient (Wildman–Crippen LogP) is 2.43. The van der Waals surface area contributed by atoms with Crippen molar-refractivity contribution in [2.75, 3.05) is 13.2 Å². The number of carboxylic acid groups (broad SMARTS) is 2. The molecule has 0 aliphatic carbocycles. The van der Waals surface area contributed by atoms with Crippen molar-refractivity contribution >= 4 is 23.5 Å². The summed E-state index contributed by atoms with van der Waals surface area (Å²) >= 11 is 0. The SMILES string of the molecule is CC(C[C@@H]1CO[C@H]2C1OC[C@@H]2CC(C)C(=O)C(C)(C)C(=O)O)C(=O)C(C)(C)C(=O)O. The lowest BCUT2D eigenvalue weighted by molar-refractivity contribution is -0.155. The van der Waals surface area contributed by atoms with Crippen LogP contribution >= 0.6 is 0 Å². The minimum Gasteiger partial charge on any atom is -0.481 e. The molecule has 8 heteroatoms. The Morgan fingerprint density at radius 3 is 1.33 bits per heavy atom. The fourth-order valence-electron chi connectivity index (χ4n) is 4.63. The van der Waals surface area contributed by atoms with Crippen molar-refractivity contribution in [2.45, 2.75) is 66.6 Å². The number of ketones is 2. The summed E-state index contributed by atoms with van der Waals surface area (Å²) in [4.78, 5) is 47.9. The van der Waals surface area contributed by atoms with E-state index in [1.54, 1.807) is 13.8 Å². The third-order valence-electron chi connectivity index (χ3n) is 6.77.